The number of anilines is 2. The first-order valence-electron chi connectivity index (χ1n) is 11.1. The van der Waals surface area contributed by atoms with Crippen LogP contribution < -0.4 is 24.6 Å². The first-order valence-corrected chi connectivity index (χ1v) is 11.1. The third kappa shape index (κ3) is 3.89. The van der Waals surface area contributed by atoms with Gasteiger partial charge in [0.05, 0.1) is 19.9 Å². The summed E-state index contributed by atoms with van der Waals surface area (Å²) < 4.78 is 10.5. The minimum absolute atomic E-state index is 0.0316. The number of nitrogens with one attached hydrogen (secondary N) is 1. The van der Waals surface area contributed by atoms with Crippen LogP contribution in [0.15, 0.2) is 42.0 Å². The topological polar surface area (TPSA) is 88.2 Å². The number of fused-ring (bicyclic) bond motifs is 1. The lowest BCUT2D eigenvalue weighted by Crippen LogP contribution is -2.54. The van der Waals surface area contributed by atoms with Crippen LogP contribution in [0, 0.1) is 0 Å². The minimum atomic E-state index is -0.835. The molecule has 0 radical (unpaired) electrons. The van der Waals surface area contributed by atoms with Crippen molar-refractivity contribution in [1.82, 2.24) is 5.32 Å². The maximum absolute atomic E-state index is 13.3. The summed E-state index contributed by atoms with van der Waals surface area (Å²) in [6.07, 6.45) is 2.51. The zero-order chi connectivity index (χ0) is 24.8. The first-order chi connectivity index (χ1) is 16.1. The Bertz CT molecular complexity index is 1220. The molecule has 0 bridgehead atoms. The largest absolute Gasteiger partial charge is 0.497 e. The lowest BCUT2D eigenvalue weighted by molar-refractivity contribution is -0.122. The van der Waals surface area contributed by atoms with E-state index in [0.29, 0.717) is 17.2 Å². The molecule has 2 aromatic carbocycles. The van der Waals surface area contributed by atoms with Crippen LogP contribution in [0.2, 0.25) is 0 Å². The van der Waals surface area contributed by atoms with Gasteiger partial charge in [0.25, 0.3) is 11.8 Å². The summed E-state index contributed by atoms with van der Waals surface area (Å²) in [5, 5.41) is 2.26. The van der Waals surface area contributed by atoms with Gasteiger partial charge in [-0.25, -0.2) is 9.69 Å². The van der Waals surface area contributed by atoms with Gasteiger partial charge in [0, 0.05) is 24.3 Å². The maximum Gasteiger partial charge on any atom is 0.336 e. The van der Waals surface area contributed by atoms with E-state index in [9.17, 15) is 14.4 Å². The van der Waals surface area contributed by atoms with Crippen molar-refractivity contribution < 1.29 is 23.9 Å². The smallest absolute Gasteiger partial charge is 0.336 e. The van der Waals surface area contributed by atoms with E-state index in [1.807, 2.05) is 18.2 Å². The van der Waals surface area contributed by atoms with E-state index in [0.717, 1.165) is 22.6 Å². The highest BCUT2D eigenvalue weighted by Gasteiger charge is 2.39. The monoisotopic (exact) mass is 463 g/mol. The van der Waals surface area contributed by atoms with Gasteiger partial charge < -0.3 is 14.4 Å². The van der Waals surface area contributed by atoms with Gasteiger partial charge in [-0.2, -0.15) is 0 Å². The van der Waals surface area contributed by atoms with E-state index in [-0.39, 0.29) is 22.5 Å². The lowest BCUT2D eigenvalue weighted by atomic mass is 9.80. The van der Waals surface area contributed by atoms with Crippen molar-refractivity contribution in [3.63, 3.8) is 0 Å². The first kappa shape index (κ1) is 23.4. The molecule has 1 saturated heterocycles. The molecule has 34 heavy (non-hydrogen) atoms. The summed E-state index contributed by atoms with van der Waals surface area (Å²) in [7, 11) is 5.01. The number of benzene rings is 2. The van der Waals surface area contributed by atoms with Crippen molar-refractivity contribution in [2.75, 3.05) is 31.1 Å². The standard InChI is InChI=1S/C26H29N3O5/c1-15-14-26(2,3)28(4)20-9-7-16(11-18(15)20)12-19-23(30)27-25(32)29(24(19)31)21-10-8-17(33-5)13-22(21)34-6/h7-13,15H,14H2,1-6H3,(H,27,30,32)/b19-12+. The van der Waals surface area contributed by atoms with Gasteiger partial charge >= 0.3 is 6.03 Å². The van der Waals surface area contributed by atoms with E-state index >= 15 is 0 Å². The van der Waals surface area contributed by atoms with E-state index in [2.05, 4.69) is 38.0 Å². The van der Waals surface area contributed by atoms with Crippen LogP contribution in [0.5, 0.6) is 11.5 Å². The van der Waals surface area contributed by atoms with E-state index in [1.54, 1.807) is 18.2 Å². The predicted octanol–water partition coefficient (Wildman–Crippen LogP) is 4.09. The highest BCUT2D eigenvalue weighted by molar-refractivity contribution is 6.39. The molecule has 2 heterocycles. The molecule has 1 atom stereocenters. The third-order valence-electron chi connectivity index (χ3n) is 6.70. The van der Waals surface area contributed by atoms with Gasteiger partial charge in [0.15, 0.2) is 0 Å². The molecule has 0 aliphatic carbocycles. The summed E-state index contributed by atoms with van der Waals surface area (Å²) in [6.45, 7) is 6.61. The summed E-state index contributed by atoms with van der Waals surface area (Å²) in [5.41, 5.74) is 3.12. The fourth-order valence-corrected chi connectivity index (χ4v) is 4.70. The van der Waals surface area contributed by atoms with Crippen LogP contribution in [-0.2, 0) is 9.59 Å². The Morgan fingerprint density at radius 1 is 1.03 bits per heavy atom. The van der Waals surface area contributed by atoms with Gasteiger partial charge in [-0.1, -0.05) is 13.0 Å². The van der Waals surface area contributed by atoms with Crippen molar-refractivity contribution in [2.24, 2.45) is 0 Å². The zero-order valence-corrected chi connectivity index (χ0v) is 20.3. The minimum Gasteiger partial charge on any atom is -0.497 e. The van der Waals surface area contributed by atoms with Crippen molar-refractivity contribution in [2.45, 2.75) is 38.6 Å². The number of ether oxygens (including phenoxy) is 2. The molecule has 8 heteroatoms. The molecular weight excluding hydrogens is 434 g/mol. The number of imide groups is 2. The Kier molecular flexibility index (Phi) is 5.85. The summed E-state index contributed by atoms with van der Waals surface area (Å²) >= 11 is 0. The van der Waals surface area contributed by atoms with E-state index in [4.69, 9.17) is 9.47 Å². The molecule has 178 valence electrons. The summed E-state index contributed by atoms with van der Waals surface area (Å²) in [5.74, 6) is -0.362. The fourth-order valence-electron chi connectivity index (χ4n) is 4.70. The molecule has 2 aliphatic rings. The van der Waals surface area contributed by atoms with Crippen LogP contribution in [0.3, 0.4) is 0 Å². The molecule has 1 N–H and O–H groups in total. The Morgan fingerprint density at radius 3 is 2.41 bits per heavy atom. The zero-order valence-electron chi connectivity index (χ0n) is 20.3. The normalized spacial score (nSPS) is 20.8. The number of urea groups is 1. The molecule has 4 amide bonds. The van der Waals surface area contributed by atoms with Crippen molar-refractivity contribution >= 4 is 35.3 Å². The van der Waals surface area contributed by atoms with Gasteiger partial charge in [-0.3, -0.25) is 14.9 Å². The SMILES string of the molecule is COc1ccc(N2C(=O)NC(=O)/C(=C\c3ccc4c(c3)C(C)CC(C)(C)N4C)C2=O)c(OC)c1. The molecule has 1 fully saturated rings. The number of rotatable bonds is 4. The second-order valence-electron chi connectivity index (χ2n) is 9.29. The average molecular weight is 464 g/mol. The molecule has 1 unspecified atom stereocenters. The van der Waals surface area contributed by atoms with Gasteiger partial charge in [0.2, 0.25) is 0 Å². The van der Waals surface area contributed by atoms with Gasteiger partial charge in [-0.05, 0) is 67.7 Å². The number of methoxy groups -OCH3 is 2. The number of carbonyl (C=O) groups excluding carboxylic acids is 3. The molecule has 0 saturated carbocycles. The molecule has 0 aromatic heterocycles. The Balaban J connectivity index is 1.74. The molecule has 0 spiro atoms. The fraction of sp³-hybridized carbons (Fsp3) is 0.346. The number of hydrogen-bond acceptors (Lipinski definition) is 6. The predicted molar refractivity (Wildman–Crippen MR) is 131 cm³/mol. The summed E-state index contributed by atoms with van der Waals surface area (Å²) in [4.78, 5) is 41.8. The van der Waals surface area contributed by atoms with Crippen LogP contribution in [-0.4, -0.2) is 44.7 Å². The molecule has 2 aliphatic heterocycles. The van der Waals surface area contributed by atoms with Crippen LogP contribution in [0.25, 0.3) is 6.08 Å². The second kappa shape index (κ2) is 8.52. The van der Waals surface area contributed by atoms with Gasteiger partial charge in [-0.15, -0.1) is 0 Å². The summed E-state index contributed by atoms with van der Waals surface area (Å²) in [6, 6.07) is 9.79. The lowest BCUT2D eigenvalue weighted by Gasteiger charge is -2.45. The molecule has 8 nitrogen and oxygen atoms in total. The van der Waals surface area contributed by atoms with Crippen LogP contribution >= 0.6 is 0 Å². The molecule has 4 rings (SSSR count). The molecular formula is C26H29N3O5. The highest BCUT2D eigenvalue weighted by Crippen LogP contribution is 2.43. The van der Waals surface area contributed by atoms with Gasteiger partial charge in [0.1, 0.15) is 17.1 Å². The average Bonchev–Trinajstić information content (AvgIpc) is 2.80. The van der Waals surface area contributed by atoms with Crippen molar-refractivity contribution in [3.8, 4) is 11.5 Å². The quantitative estimate of drug-likeness (QED) is 0.543. The second-order valence-corrected chi connectivity index (χ2v) is 9.29. The van der Waals surface area contributed by atoms with E-state index < -0.39 is 17.8 Å². The van der Waals surface area contributed by atoms with Crippen LogP contribution in [0.4, 0.5) is 16.2 Å². The van der Waals surface area contributed by atoms with Crippen molar-refractivity contribution in [3.05, 3.63) is 53.1 Å². The number of hydrogen-bond donors (Lipinski definition) is 1. The Labute approximate surface area is 199 Å². The number of carbonyl (C=O) groups is 3. The maximum atomic E-state index is 13.3. The van der Waals surface area contributed by atoms with E-state index in [1.165, 1.54) is 20.3 Å². The Hall–Kier alpha value is -3.81. The number of nitrogens with zero attached hydrogens (tertiary/aromatic N) is 2. The Morgan fingerprint density at radius 2 is 1.74 bits per heavy atom. The van der Waals surface area contributed by atoms with Crippen molar-refractivity contribution in [1.29, 1.82) is 0 Å². The number of amides is 4. The van der Waals surface area contributed by atoms with Crippen LogP contribution in [0.1, 0.15) is 44.2 Å². The third-order valence-corrected chi connectivity index (χ3v) is 6.70. The number of barbiturate groups is 1. The molecule has 2 aromatic rings. The highest BCUT2D eigenvalue weighted by atomic mass is 16.5.